The van der Waals surface area contributed by atoms with Gasteiger partial charge in [0.1, 0.15) is 0 Å². The maximum Gasteiger partial charge on any atom is 0.0664 e. The van der Waals surface area contributed by atoms with E-state index in [1.807, 2.05) is 18.7 Å². The van der Waals surface area contributed by atoms with Crippen LogP contribution >= 0.6 is 0 Å². The molecule has 2 atom stereocenters. The highest BCUT2D eigenvalue weighted by Gasteiger charge is 2.28. The fraction of sp³-hybridized carbons (Fsp3) is 0.438. The summed E-state index contributed by atoms with van der Waals surface area (Å²) >= 11 is 0. The minimum atomic E-state index is -0.321. The van der Waals surface area contributed by atoms with Crippen LogP contribution in [-0.2, 0) is 19.9 Å². The number of aliphatic hydroxyl groups is 1. The monoisotopic (exact) mass is 256 g/mol. The first kappa shape index (κ1) is 12.4. The number of aryl methyl sites for hydroxylation is 3. The zero-order chi connectivity index (χ0) is 13.4. The summed E-state index contributed by atoms with van der Waals surface area (Å²) in [5.41, 5.74) is 4.84. The lowest BCUT2D eigenvalue weighted by Gasteiger charge is -2.19. The first-order valence-corrected chi connectivity index (χ1v) is 6.90. The largest absolute Gasteiger partial charge is 0.392 e. The van der Waals surface area contributed by atoms with Crippen molar-refractivity contribution in [2.45, 2.75) is 38.2 Å². The molecule has 0 bridgehead atoms. The van der Waals surface area contributed by atoms with Crippen LogP contribution in [0.15, 0.2) is 30.3 Å². The Morgan fingerprint density at radius 3 is 2.95 bits per heavy atom. The van der Waals surface area contributed by atoms with Crippen molar-refractivity contribution in [3.63, 3.8) is 0 Å². The summed E-state index contributed by atoms with van der Waals surface area (Å²) in [6.07, 6.45) is 2.49. The van der Waals surface area contributed by atoms with Crippen molar-refractivity contribution in [3.8, 4) is 0 Å². The van der Waals surface area contributed by atoms with Gasteiger partial charge in [0.25, 0.3) is 0 Å². The first-order chi connectivity index (χ1) is 9.15. The molecule has 0 spiro atoms. The number of nitrogens with zero attached hydrogens (tertiary/aromatic N) is 2. The molecular formula is C16H20N2O. The second-order valence-electron chi connectivity index (χ2n) is 5.52. The maximum absolute atomic E-state index is 10.5. The Labute approximate surface area is 113 Å². The summed E-state index contributed by atoms with van der Waals surface area (Å²) in [6.45, 7) is 1.99. The van der Waals surface area contributed by atoms with Crippen LogP contribution in [0.3, 0.4) is 0 Å². The number of hydrogen-bond donors (Lipinski definition) is 1. The predicted octanol–water partition coefficient (Wildman–Crippen LogP) is 2.36. The molecule has 0 saturated heterocycles. The standard InChI is InChI=1S/C16H20N2O/c1-11-9-13(18(2)17-11)10-16(19)15-8-7-12-5-3-4-6-14(12)15/h3-6,9,15-16,19H,7-8,10H2,1-2H3. The van der Waals surface area contributed by atoms with Crippen molar-refractivity contribution in [2.75, 3.05) is 0 Å². The average molecular weight is 256 g/mol. The highest BCUT2D eigenvalue weighted by atomic mass is 16.3. The van der Waals surface area contributed by atoms with E-state index in [-0.39, 0.29) is 12.0 Å². The molecule has 0 radical (unpaired) electrons. The molecule has 1 heterocycles. The molecule has 0 aliphatic heterocycles. The van der Waals surface area contributed by atoms with Gasteiger partial charge in [-0.05, 0) is 37.0 Å². The molecule has 0 saturated carbocycles. The minimum absolute atomic E-state index is 0.270. The van der Waals surface area contributed by atoms with Crippen LogP contribution < -0.4 is 0 Å². The lowest BCUT2D eigenvalue weighted by Crippen LogP contribution is -2.20. The molecule has 2 unspecified atom stereocenters. The van der Waals surface area contributed by atoms with Crippen molar-refractivity contribution in [2.24, 2.45) is 7.05 Å². The van der Waals surface area contributed by atoms with Crippen LogP contribution in [0.4, 0.5) is 0 Å². The van der Waals surface area contributed by atoms with E-state index >= 15 is 0 Å². The molecule has 1 aromatic carbocycles. The summed E-state index contributed by atoms with van der Waals surface area (Å²) in [5, 5.41) is 14.9. The number of fused-ring (bicyclic) bond motifs is 1. The highest BCUT2D eigenvalue weighted by molar-refractivity contribution is 5.35. The maximum atomic E-state index is 10.5. The quantitative estimate of drug-likeness (QED) is 0.915. The van der Waals surface area contributed by atoms with Gasteiger partial charge in [0, 0.05) is 25.1 Å². The van der Waals surface area contributed by atoms with Crippen LogP contribution in [0, 0.1) is 6.92 Å². The molecule has 0 fully saturated rings. The van der Waals surface area contributed by atoms with Crippen LogP contribution in [0.2, 0.25) is 0 Å². The van der Waals surface area contributed by atoms with Gasteiger partial charge in [-0.25, -0.2) is 0 Å². The average Bonchev–Trinajstić information content (AvgIpc) is 2.93. The van der Waals surface area contributed by atoms with Gasteiger partial charge in [0.2, 0.25) is 0 Å². The Hall–Kier alpha value is -1.61. The third-order valence-corrected chi connectivity index (χ3v) is 4.16. The number of benzene rings is 1. The minimum Gasteiger partial charge on any atom is -0.392 e. The normalized spacial score (nSPS) is 19.4. The van der Waals surface area contributed by atoms with Crippen molar-refractivity contribution in [3.05, 3.63) is 52.8 Å². The van der Waals surface area contributed by atoms with Gasteiger partial charge in [0.05, 0.1) is 11.8 Å². The first-order valence-electron chi connectivity index (χ1n) is 6.90. The number of rotatable bonds is 3. The van der Waals surface area contributed by atoms with E-state index in [1.165, 1.54) is 11.1 Å². The van der Waals surface area contributed by atoms with Gasteiger partial charge in [0.15, 0.2) is 0 Å². The highest BCUT2D eigenvalue weighted by Crippen LogP contribution is 2.36. The van der Waals surface area contributed by atoms with E-state index < -0.39 is 0 Å². The lowest BCUT2D eigenvalue weighted by molar-refractivity contribution is 0.141. The number of aliphatic hydroxyl groups excluding tert-OH is 1. The second-order valence-corrected chi connectivity index (χ2v) is 5.52. The van der Waals surface area contributed by atoms with Gasteiger partial charge in [-0.15, -0.1) is 0 Å². The predicted molar refractivity (Wildman–Crippen MR) is 75.2 cm³/mol. The van der Waals surface area contributed by atoms with E-state index in [4.69, 9.17) is 0 Å². The Kier molecular flexibility index (Phi) is 3.15. The molecule has 3 heteroatoms. The molecule has 3 nitrogen and oxygen atoms in total. The molecule has 19 heavy (non-hydrogen) atoms. The molecule has 1 N–H and O–H groups in total. The van der Waals surface area contributed by atoms with Crippen molar-refractivity contribution >= 4 is 0 Å². The molecule has 1 aliphatic rings. The van der Waals surface area contributed by atoms with Crippen molar-refractivity contribution in [1.82, 2.24) is 9.78 Å². The van der Waals surface area contributed by atoms with Crippen LogP contribution in [-0.4, -0.2) is 21.0 Å². The fourth-order valence-corrected chi connectivity index (χ4v) is 3.20. The molecule has 2 aromatic rings. The summed E-state index contributed by atoms with van der Waals surface area (Å²) in [7, 11) is 1.94. The number of hydrogen-bond acceptors (Lipinski definition) is 2. The summed E-state index contributed by atoms with van der Waals surface area (Å²) in [4.78, 5) is 0. The van der Waals surface area contributed by atoms with Crippen molar-refractivity contribution < 1.29 is 5.11 Å². The molecule has 1 aromatic heterocycles. The van der Waals surface area contributed by atoms with Gasteiger partial charge < -0.3 is 5.11 Å². The molecule has 100 valence electrons. The molecular weight excluding hydrogens is 236 g/mol. The van der Waals surface area contributed by atoms with E-state index in [0.717, 1.165) is 24.2 Å². The lowest BCUT2D eigenvalue weighted by atomic mass is 9.92. The SMILES string of the molecule is Cc1cc(CC(O)C2CCc3ccccc32)n(C)n1. The van der Waals surface area contributed by atoms with Gasteiger partial charge in [-0.3, -0.25) is 4.68 Å². The van der Waals surface area contributed by atoms with Gasteiger partial charge in [-0.2, -0.15) is 5.10 Å². The third kappa shape index (κ3) is 2.30. The second kappa shape index (κ2) is 4.82. The van der Waals surface area contributed by atoms with Crippen molar-refractivity contribution in [1.29, 1.82) is 0 Å². The van der Waals surface area contributed by atoms with Gasteiger partial charge in [-0.1, -0.05) is 24.3 Å². The Morgan fingerprint density at radius 1 is 1.42 bits per heavy atom. The van der Waals surface area contributed by atoms with Crippen LogP contribution in [0.1, 0.15) is 34.9 Å². The number of aromatic nitrogens is 2. The molecule has 0 amide bonds. The van der Waals surface area contributed by atoms with Crippen LogP contribution in [0.5, 0.6) is 0 Å². The smallest absolute Gasteiger partial charge is 0.0664 e. The molecule has 1 aliphatic carbocycles. The zero-order valence-electron chi connectivity index (χ0n) is 11.5. The van der Waals surface area contributed by atoms with Gasteiger partial charge >= 0.3 is 0 Å². The Morgan fingerprint density at radius 2 is 2.21 bits per heavy atom. The van der Waals surface area contributed by atoms with E-state index in [1.54, 1.807) is 0 Å². The van der Waals surface area contributed by atoms with E-state index in [0.29, 0.717) is 6.42 Å². The summed E-state index contributed by atoms with van der Waals surface area (Å²) < 4.78 is 1.87. The molecule has 3 rings (SSSR count). The Balaban J connectivity index is 1.79. The van der Waals surface area contributed by atoms with E-state index in [9.17, 15) is 5.11 Å². The fourth-order valence-electron chi connectivity index (χ4n) is 3.20. The zero-order valence-corrected chi connectivity index (χ0v) is 11.5. The Bertz CT molecular complexity index is 588. The summed E-state index contributed by atoms with van der Waals surface area (Å²) in [5.74, 6) is 0.270. The summed E-state index contributed by atoms with van der Waals surface area (Å²) in [6, 6.07) is 10.5. The third-order valence-electron chi connectivity index (χ3n) is 4.16. The topological polar surface area (TPSA) is 38.0 Å². The van der Waals surface area contributed by atoms with Crippen LogP contribution in [0.25, 0.3) is 0 Å². The van der Waals surface area contributed by atoms with E-state index in [2.05, 4.69) is 35.4 Å².